The Balaban J connectivity index is 1.69. The molecule has 0 atom stereocenters. The van der Waals surface area contributed by atoms with Crippen molar-refractivity contribution in [3.8, 4) is 17.6 Å². The Morgan fingerprint density at radius 1 is 1.06 bits per heavy atom. The minimum Gasteiger partial charge on any atom is -0.457 e. The number of nitriles is 1. The van der Waals surface area contributed by atoms with Crippen LogP contribution < -0.4 is 15.4 Å². The van der Waals surface area contributed by atoms with Crippen molar-refractivity contribution in [2.75, 3.05) is 22.8 Å². The largest absolute Gasteiger partial charge is 0.457 e. The number of hydrogen-bond donors (Lipinski definition) is 2. The fourth-order valence-electron chi connectivity index (χ4n) is 3.19. The van der Waals surface area contributed by atoms with E-state index in [1.54, 1.807) is 42.5 Å². The second-order valence-electron chi connectivity index (χ2n) is 7.99. The van der Waals surface area contributed by atoms with Gasteiger partial charge in [-0.3, -0.25) is 4.79 Å². The topological polar surface area (TPSA) is 108 Å². The second-order valence-corrected chi connectivity index (χ2v) is 10.6. The number of rotatable bonds is 8. The highest BCUT2D eigenvalue weighted by Crippen LogP contribution is 2.29. The standard InChI is InChI=1S/C25H24ClN3O4S/c1-16-4-5-18(11-24(16)33-22-10-19(14-27)9-20(26)13-22)12-25(30)29-23-7-6-21(8-17(23)2)28-15-34(3,31)32/h4-11,13,28H,12,15H2,1-3H3,(H,29,30). The highest BCUT2D eigenvalue weighted by molar-refractivity contribution is 7.90. The van der Waals surface area contributed by atoms with Gasteiger partial charge >= 0.3 is 0 Å². The molecule has 3 aromatic carbocycles. The third kappa shape index (κ3) is 7.24. The average molecular weight is 498 g/mol. The average Bonchev–Trinajstić information content (AvgIpc) is 2.75. The van der Waals surface area contributed by atoms with Crippen molar-refractivity contribution < 1.29 is 17.9 Å². The number of amides is 1. The van der Waals surface area contributed by atoms with Crippen molar-refractivity contribution in [2.45, 2.75) is 20.3 Å². The summed E-state index contributed by atoms with van der Waals surface area (Å²) in [7, 11) is -3.14. The number of benzene rings is 3. The van der Waals surface area contributed by atoms with Crippen molar-refractivity contribution in [3.63, 3.8) is 0 Å². The molecule has 0 heterocycles. The SMILES string of the molecule is Cc1cc(NCS(C)(=O)=O)ccc1NC(=O)Cc1ccc(C)c(Oc2cc(Cl)cc(C#N)c2)c1. The summed E-state index contributed by atoms with van der Waals surface area (Å²) in [6.07, 6.45) is 1.28. The van der Waals surface area contributed by atoms with Crippen molar-refractivity contribution in [1.82, 2.24) is 0 Å². The molecule has 0 aliphatic carbocycles. The Hall–Kier alpha value is -3.54. The first kappa shape index (κ1) is 25.1. The molecule has 0 aromatic heterocycles. The number of carbonyl (C=O) groups is 1. The second kappa shape index (κ2) is 10.6. The van der Waals surface area contributed by atoms with E-state index >= 15 is 0 Å². The summed E-state index contributed by atoms with van der Waals surface area (Å²) in [6, 6.07) is 17.5. The van der Waals surface area contributed by atoms with Gasteiger partial charge in [-0.25, -0.2) is 8.42 Å². The minimum absolute atomic E-state index is 0.128. The predicted octanol–water partition coefficient (Wildman–Crippen LogP) is 5.22. The van der Waals surface area contributed by atoms with Crippen molar-refractivity contribution in [3.05, 3.63) is 81.9 Å². The number of halogens is 1. The highest BCUT2D eigenvalue weighted by atomic mass is 35.5. The molecular formula is C25H24ClN3O4S. The lowest BCUT2D eigenvalue weighted by Gasteiger charge is -2.13. The molecular weight excluding hydrogens is 474 g/mol. The van der Waals surface area contributed by atoms with Crippen LogP contribution in [0.4, 0.5) is 11.4 Å². The molecule has 3 rings (SSSR count). The van der Waals surface area contributed by atoms with Gasteiger partial charge in [-0.05, 0) is 73.0 Å². The molecule has 0 spiro atoms. The predicted molar refractivity (Wildman–Crippen MR) is 134 cm³/mol. The normalized spacial score (nSPS) is 10.9. The van der Waals surface area contributed by atoms with Gasteiger partial charge in [0.05, 0.1) is 18.1 Å². The van der Waals surface area contributed by atoms with Gasteiger partial charge in [-0.1, -0.05) is 23.7 Å². The third-order valence-corrected chi connectivity index (χ3v) is 5.77. The number of ether oxygens (including phenoxy) is 1. The van der Waals surface area contributed by atoms with E-state index in [1.165, 1.54) is 0 Å². The molecule has 34 heavy (non-hydrogen) atoms. The quantitative estimate of drug-likeness (QED) is 0.442. The summed E-state index contributed by atoms with van der Waals surface area (Å²) in [5.41, 5.74) is 4.11. The summed E-state index contributed by atoms with van der Waals surface area (Å²) in [5.74, 6) is 0.635. The highest BCUT2D eigenvalue weighted by Gasteiger charge is 2.11. The van der Waals surface area contributed by atoms with Gasteiger partial charge in [0.25, 0.3) is 0 Å². The van der Waals surface area contributed by atoms with Crippen molar-refractivity contribution >= 4 is 38.7 Å². The van der Waals surface area contributed by atoms with Gasteiger partial charge in [0.2, 0.25) is 5.91 Å². The van der Waals surface area contributed by atoms with Gasteiger partial charge in [-0.2, -0.15) is 5.26 Å². The van der Waals surface area contributed by atoms with Gasteiger partial charge in [-0.15, -0.1) is 0 Å². The van der Waals surface area contributed by atoms with E-state index in [0.717, 1.165) is 22.9 Å². The molecule has 0 radical (unpaired) electrons. The van der Waals surface area contributed by atoms with E-state index in [4.69, 9.17) is 21.6 Å². The molecule has 9 heteroatoms. The van der Waals surface area contributed by atoms with Crippen LogP contribution in [-0.4, -0.2) is 26.5 Å². The van der Waals surface area contributed by atoms with Crippen LogP contribution in [-0.2, 0) is 21.1 Å². The lowest BCUT2D eigenvalue weighted by molar-refractivity contribution is -0.115. The molecule has 0 bridgehead atoms. The smallest absolute Gasteiger partial charge is 0.228 e. The van der Waals surface area contributed by atoms with Crippen LogP contribution in [0.15, 0.2) is 54.6 Å². The molecule has 3 aromatic rings. The fraction of sp³-hybridized carbons (Fsp3) is 0.200. The van der Waals surface area contributed by atoms with Gasteiger partial charge in [0.1, 0.15) is 17.4 Å². The Morgan fingerprint density at radius 3 is 2.50 bits per heavy atom. The number of nitrogens with zero attached hydrogens (tertiary/aromatic N) is 1. The molecule has 0 aliphatic rings. The molecule has 0 saturated heterocycles. The molecule has 0 unspecified atom stereocenters. The zero-order chi connectivity index (χ0) is 24.9. The fourth-order valence-corrected chi connectivity index (χ4v) is 3.84. The summed E-state index contributed by atoms with van der Waals surface area (Å²) >= 11 is 6.06. The molecule has 0 saturated carbocycles. The maximum absolute atomic E-state index is 12.7. The van der Waals surface area contributed by atoms with Crippen LogP contribution in [0.2, 0.25) is 5.02 Å². The van der Waals surface area contributed by atoms with Crippen molar-refractivity contribution in [1.29, 1.82) is 5.26 Å². The number of aryl methyl sites for hydroxylation is 2. The van der Waals surface area contributed by atoms with E-state index in [-0.39, 0.29) is 18.2 Å². The van der Waals surface area contributed by atoms with E-state index < -0.39 is 9.84 Å². The van der Waals surface area contributed by atoms with E-state index in [2.05, 4.69) is 10.6 Å². The first-order chi connectivity index (χ1) is 16.0. The number of nitrogens with one attached hydrogen (secondary N) is 2. The number of hydrogen-bond acceptors (Lipinski definition) is 6. The summed E-state index contributed by atoms with van der Waals surface area (Å²) in [6.45, 7) is 3.72. The lowest BCUT2D eigenvalue weighted by atomic mass is 10.1. The Bertz CT molecular complexity index is 1380. The monoisotopic (exact) mass is 497 g/mol. The zero-order valence-corrected chi connectivity index (χ0v) is 20.5. The molecule has 2 N–H and O–H groups in total. The molecule has 1 amide bonds. The number of sulfone groups is 1. The van der Waals surface area contributed by atoms with Crippen molar-refractivity contribution in [2.24, 2.45) is 0 Å². The maximum Gasteiger partial charge on any atom is 0.228 e. The Kier molecular flexibility index (Phi) is 7.82. The first-order valence-corrected chi connectivity index (χ1v) is 12.8. The van der Waals surface area contributed by atoms with Crippen LogP contribution in [0, 0.1) is 25.2 Å². The van der Waals surface area contributed by atoms with E-state index in [0.29, 0.717) is 33.5 Å². The minimum atomic E-state index is -3.14. The molecule has 0 fully saturated rings. The van der Waals surface area contributed by atoms with Gasteiger partial charge in [0, 0.05) is 22.7 Å². The molecule has 176 valence electrons. The van der Waals surface area contributed by atoms with Gasteiger partial charge in [0.15, 0.2) is 9.84 Å². The van der Waals surface area contributed by atoms with Crippen LogP contribution >= 0.6 is 11.6 Å². The summed E-state index contributed by atoms with van der Waals surface area (Å²) in [4.78, 5) is 12.7. The molecule has 0 aliphatic heterocycles. The van der Waals surface area contributed by atoms with Crippen LogP contribution in [0.5, 0.6) is 11.5 Å². The van der Waals surface area contributed by atoms with E-state index in [9.17, 15) is 13.2 Å². The van der Waals surface area contributed by atoms with Gasteiger partial charge < -0.3 is 15.4 Å². The lowest BCUT2D eigenvalue weighted by Crippen LogP contribution is -2.16. The third-order valence-electron chi connectivity index (χ3n) is 4.88. The van der Waals surface area contributed by atoms with Crippen LogP contribution in [0.25, 0.3) is 0 Å². The molecule has 7 nitrogen and oxygen atoms in total. The zero-order valence-electron chi connectivity index (χ0n) is 19.0. The van der Waals surface area contributed by atoms with Crippen LogP contribution in [0.1, 0.15) is 22.3 Å². The number of carbonyl (C=O) groups excluding carboxylic acids is 1. The maximum atomic E-state index is 12.7. The van der Waals surface area contributed by atoms with Crippen LogP contribution in [0.3, 0.4) is 0 Å². The summed E-state index contributed by atoms with van der Waals surface area (Å²) < 4.78 is 28.6. The first-order valence-electron chi connectivity index (χ1n) is 10.3. The Morgan fingerprint density at radius 2 is 1.82 bits per heavy atom. The Labute approximate surface area is 204 Å². The van der Waals surface area contributed by atoms with E-state index in [1.807, 2.05) is 32.0 Å². The number of anilines is 2. The summed E-state index contributed by atoms with van der Waals surface area (Å²) in [5, 5.41) is 15.3.